The monoisotopic (exact) mass is 254 g/mol. The summed E-state index contributed by atoms with van der Waals surface area (Å²) in [6.07, 6.45) is 4.61. The maximum absolute atomic E-state index is 6.23. The van der Waals surface area contributed by atoms with Crippen molar-refractivity contribution in [3.05, 3.63) is 28.8 Å². The highest BCUT2D eigenvalue weighted by Crippen LogP contribution is 2.23. The summed E-state index contributed by atoms with van der Waals surface area (Å²) in [7, 11) is 2.12. The van der Waals surface area contributed by atoms with E-state index in [0.717, 1.165) is 23.6 Å². The maximum atomic E-state index is 6.23. The number of halogens is 1. The molecule has 0 unspecified atom stereocenters. The molecular weight excluding hydrogens is 232 g/mol. The van der Waals surface area contributed by atoms with Crippen molar-refractivity contribution in [3.8, 4) is 0 Å². The van der Waals surface area contributed by atoms with Crippen LogP contribution >= 0.6 is 11.6 Å². The Bertz CT molecular complexity index is 339. The van der Waals surface area contributed by atoms with Crippen LogP contribution < -0.4 is 10.6 Å². The number of hydrogen-bond donors (Lipinski definition) is 1. The van der Waals surface area contributed by atoms with Gasteiger partial charge in [0.05, 0.1) is 0 Å². The van der Waals surface area contributed by atoms with E-state index in [-0.39, 0.29) is 0 Å². The fraction of sp³-hybridized carbons (Fsp3) is 0.571. The van der Waals surface area contributed by atoms with Gasteiger partial charge in [-0.25, -0.2) is 0 Å². The number of nitrogens with two attached hydrogens (primary N) is 1. The third-order valence-corrected chi connectivity index (χ3v) is 3.34. The fourth-order valence-corrected chi connectivity index (χ4v) is 2.13. The Morgan fingerprint density at radius 1 is 1.29 bits per heavy atom. The number of rotatable bonds is 7. The van der Waals surface area contributed by atoms with Crippen LogP contribution in [0.1, 0.15) is 31.7 Å². The van der Waals surface area contributed by atoms with Crippen molar-refractivity contribution in [2.45, 2.75) is 32.6 Å². The predicted molar refractivity (Wildman–Crippen MR) is 77.0 cm³/mol. The molecule has 0 spiro atoms. The minimum atomic E-state index is 0.644. The number of benzene rings is 1. The molecule has 1 rings (SSSR count). The Balaban J connectivity index is 2.62. The fourth-order valence-electron chi connectivity index (χ4n) is 1.86. The second-order valence-corrected chi connectivity index (χ2v) is 4.85. The molecule has 0 radical (unpaired) electrons. The van der Waals surface area contributed by atoms with E-state index in [9.17, 15) is 0 Å². The smallest absolute Gasteiger partial charge is 0.0459 e. The van der Waals surface area contributed by atoms with Gasteiger partial charge in [-0.3, -0.25) is 0 Å². The van der Waals surface area contributed by atoms with Crippen LogP contribution in [0.4, 0.5) is 5.69 Å². The Morgan fingerprint density at radius 3 is 2.65 bits per heavy atom. The van der Waals surface area contributed by atoms with Crippen LogP contribution in [0.15, 0.2) is 18.2 Å². The van der Waals surface area contributed by atoms with E-state index >= 15 is 0 Å². The summed E-state index contributed by atoms with van der Waals surface area (Å²) >= 11 is 6.23. The molecule has 0 amide bonds. The lowest BCUT2D eigenvalue weighted by molar-refractivity contribution is 0.705. The van der Waals surface area contributed by atoms with E-state index in [1.807, 2.05) is 6.07 Å². The van der Waals surface area contributed by atoms with Gasteiger partial charge in [-0.05, 0) is 37.1 Å². The Kier molecular flexibility index (Phi) is 6.38. The molecule has 0 saturated heterocycles. The van der Waals surface area contributed by atoms with Crippen LogP contribution in [-0.4, -0.2) is 20.1 Å². The molecule has 0 aromatic heterocycles. The highest BCUT2D eigenvalue weighted by atomic mass is 35.5. The first-order valence-corrected chi connectivity index (χ1v) is 6.76. The number of hydrogen-bond acceptors (Lipinski definition) is 2. The lowest BCUT2D eigenvalue weighted by Gasteiger charge is -2.20. The highest BCUT2D eigenvalue weighted by molar-refractivity contribution is 6.31. The summed E-state index contributed by atoms with van der Waals surface area (Å²) < 4.78 is 0. The maximum Gasteiger partial charge on any atom is 0.0459 e. The lowest BCUT2D eigenvalue weighted by Crippen LogP contribution is -2.18. The summed E-state index contributed by atoms with van der Waals surface area (Å²) in [6, 6.07) is 6.25. The van der Waals surface area contributed by atoms with Gasteiger partial charge in [0.15, 0.2) is 0 Å². The Morgan fingerprint density at radius 2 is 2.06 bits per heavy atom. The molecule has 17 heavy (non-hydrogen) atoms. The van der Waals surface area contributed by atoms with Crippen LogP contribution in [0.3, 0.4) is 0 Å². The summed E-state index contributed by atoms with van der Waals surface area (Å²) in [5.41, 5.74) is 7.86. The first kappa shape index (κ1) is 14.3. The van der Waals surface area contributed by atoms with Gasteiger partial charge in [-0.15, -0.1) is 0 Å². The van der Waals surface area contributed by atoms with E-state index < -0.39 is 0 Å². The molecule has 0 saturated carbocycles. The van der Waals surface area contributed by atoms with Crippen molar-refractivity contribution in [1.82, 2.24) is 0 Å². The van der Waals surface area contributed by atoms with Gasteiger partial charge in [-0.1, -0.05) is 37.4 Å². The molecule has 3 heteroatoms. The van der Waals surface area contributed by atoms with E-state index in [2.05, 4.69) is 31.0 Å². The van der Waals surface area contributed by atoms with E-state index in [1.54, 1.807) is 0 Å². The summed E-state index contributed by atoms with van der Waals surface area (Å²) in [5.74, 6) is 0. The molecule has 0 aliphatic carbocycles. The molecule has 0 atom stereocenters. The van der Waals surface area contributed by atoms with Gasteiger partial charge in [-0.2, -0.15) is 0 Å². The highest BCUT2D eigenvalue weighted by Gasteiger charge is 2.04. The SMILES string of the molecule is CCCCCN(C)c1ccc(CCN)c(Cl)c1. The first-order valence-electron chi connectivity index (χ1n) is 6.38. The first-order chi connectivity index (χ1) is 8.19. The molecule has 96 valence electrons. The van der Waals surface area contributed by atoms with Crippen LogP contribution in [0.25, 0.3) is 0 Å². The summed E-state index contributed by atoms with van der Waals surface area (Å²) in [5, 5.41) is 0.829. The summed E-state index contributed by atoms with van der Waals surface area (Å²) in [6.45, 7) is 3.95. The van der Waals surface area contributed by atoms with Crippen molar-refractivity contribution >= 4 is 17.3 Å². The van der Waals surface area contributed by atoms with Crippen molar-refractivity contribution in [3.63, 3.8) is 0 Å². The van der Waals surface area contributed by atoms with E-state index in [0.29, 0.717) is 6.54 Å². The van der Waals surface area contributed by atoms with Crippen LogP contribution in [0.2, 0.25) is 5.02 Å². The topological polar surface area (TPSA) is 29.3 Å². The van der Waals surface area contributed by atoms with Gasteiger partial charge >= 0.3 is 0 Å². The van der Waals surface area contributed by atoms with Gasteiger partial charge in [0.1, 0.15) is 0 Å². The number of nitrogens with zero attached hydrogens (tertiary/aromatic N) is 1. The minimum absolute atomic E-state index is 0.644. The predicted octanol–water partition coefficient (Wildman–Crippen LogP) is 3.47. The standard InChI is InChI=1S/C14H23ClN2/c1-3-4-5-10-17(2)13-7-6-12(8-9-16)14(15)11-13/h6-7,11H,3-5,8-10,16H2,1-2H3. The zero-order chi connectivity index (χ0) is 12.7. The normalized spacial score (nSPS) is 10.6. The molecule has 2 nitrogen and oxygen atoms in total. The van der Waals surface area contributed by atoms with Crippen LogP contribution in [0, 0.1) is 0 Å². The minimum Gasteiger partial charge on any atom is -0.375 e. The lowest BCUT2D eigenvalue weighted by atomic mass is 10.1. The zero-order valence-electron chi connectivity index (χ0n) is 10.9. The third-order valence-electron chi connectivity index (χ3n) is 2.99. The van der Waals surface area contributed by atoms with Crippen molar-refractivity contribution in [1.29, 1.82) is 0 Å². The quantitative estimate of drug-likeness (QED) is 0.755. The molecule has 0 aliphatic rings. The van der Waals surface area contributed by atoms with E-state index in [1.165, 1.54) is 24.9 Å². The number of unbranched alkanes of at least 4 members (excludes halogenated alkanes) is 2. The summed E-state index contributed by atoms with van der Waals surface area (Å²) in [4.78, 5) is 2.26. The zero-order valence-corrected chi connectivity index (χ0v) is 11.6. The second kappa shape index (κ2) is 7.57. The molecule has 1 aromatic rings. The van der Waals surface area contributed by atoms with Crippen molar-refractivity contribution < 1.29 is 0 Å². The van der Waals surface area contributed by atoms with Crippen LogP contribution in [-0.2, 0) is 6.42 Å². The van der Waals surface area contributed by atoms with Gasteiger partial charge < -0.3 is 10.6 Å². The Labute approximate surface area is 110 Å². The molecule has 0 heterocycles. The average molecular weight is 255 g/mol. The Hall–Kier alpha value is -0.730. The third kappa shape index (κ3) is 4.57. The van der Waals surface area contributed by atoms with Crippen LogP contribution in [0.5, 0.6) is 0 Å². The molecule has 1 aromatic carbocycles. The number of anilines is 1. The van der Waals surface area contributed by atoms with Gasteiger partial charge in [0, 0.05) is 24.3 Å². The molecule has 0 fully saturated rings. The molecular formula is C14H23ClN2. The van der Waals surface area contributed by atoms with Gasteiger partial charge in [0.2, 0.25) is 0 Å². The van der Waals surface area contributed by atoms with E-state index in [4.69, 9.17) is 17.3 Å². The largest absolute Gasteiger partial charge is 0.375 e. The van der Waals surface area contributed by atoms with Crippen molar-refractivity contribution in [2.24, 2.45) is 5.73 Å². The second-order valence-electron chi connectivity index (χ2n) is 4.44. The molecule has 2 N–H and O–H groups in total. The van der Waals surface area contributed by atoms with Crippen molar-refractivity contribution in [2.75, 3.05) is 25.0 Å². The molecule has 0 aliphatic heterocycles. The average Bonchev–Trinajstić information content (AvgIpc) is 2.32. The van der Waals surface area contributed by atoms with Gasteiger partial charge in [0.25, 0.3) is 0 Å². The molecule has 0 bridgehead atoms.